The minimum Gasteiger partial charge on any atom is -0.372 e. The molecule has 2 aliphatic heterocycles. The number of hydrogen-bond acceptors (Lipinski definition) is 2. The largest absolute Gasteiger partial charge is 0.372 e. The molecule has 1 aromatic rings. The maximum absolute atomic E-state index is 4.73. The van der Waals surface area contributed by atoms with E-state index >= 15 is 0 Å². The molecule has 2 fully saturated rings. The monoisotopic (exact) mass is 422 g/mol. The smallest absolute Gasteiger partial charge is 0.0262 e. The first kappa shape index (κ1) is 24.1. The average Bonchev–Trinajstić information content (AvgIpc) is 3.31. The molecule has 3 rings (SSSR count). The molecule has 0 amide bonds. The van der Waals surface area contributed by atoms with E-state index in [1.807, 2.05) is 0 Å². The molecule has 2 heterocycles. The first-order valence-corrected chi connectivity index (χ1v) is 12.4. The summed E-state index contributed by atoms with van der Waals surface area (Å²) in [6.07, 6.45) is 1.25. The second kappa shape index (κ2) is 9.14. The van der Waals surface area contributed by atoms with Crippen LogP contribution in [0.25, 0.3) is 0 Å². The van der Waals surface area contributed by atoms with Crippen LogP contribution < -0.4 is 0 Å². The summed E-state index contributed by atoms with van der Waals surface area (Å²) >= 11 is 0. The molecule has 2 nitrogen and oxygen atoms in total. The van der Waals surface area contributed by atoms with Crippen molar-refractivity contribution in [2.24, 2.45) is 23.7 Å². The van der Waals surface area contributed by atoms with Crippen molar-refractivity contribution in [2.75, 3.05) is 19.6 Å². The van der Waals surface area contributed by atoms with E-state index in [2.05, 4.69) is 96.0 Å². The van der Waals surface area contributed by atoms with Crippen LogP contribution in [0.15, 0.2) is 48.7 Å². The quantitative estimate of drug-likeness (QED) is 0.461. The molecule has 5 atom stereocenters. The fraction of sp³-hybridized carbons (Fsp3) is 0.655. The maximum atomic E-state index is 4.73. The second-order valence-electron chi connectivity index (χ2n) is 11.7. The lowest BCUT2D eigenvalue weighted by Gasteiger charge is -2.34. The van der Waals surface area contributed by atoms with Gasteiger partial charge in [0.1, 0.15) is 0 Å². The van der Waals surface area contributed by atoms with E-state index in [0.29, 0.717) is 35.6 Å². The van der Waals surface area contributed by atoms with Gasteiger partial charge >= 0.3 is 0 Å². The summed E-state index contributed by atoms with van der Waals surface area (Å²) in [5.41, 5.74) is 5.74. The fourth-order valence-corrected chi connectivity index (χ4v) is 5.72. The highest BCUT2D eigenvalue weighted by Crippen LogP contribution is 2.44. The summed E-state index contributed by atoms with van der Waals surface area (Å²) in [4.78, 5) is 5.31. The van der Waals surface area contributed by atoms with Crippen LogP contribution in [0, 0.1) is 30.6 Å². The lowest BCUT2D eigenvalue weighted by Crippen LogP contribution is -2.40. The number of allylic oxidation sites excluding steroid dienone is 1. The molecule has 2 aliphatic rings. The Morgan fingerprint density at radius 3 is 2.16 bits per heavy atom. The van der Waals surface area contributed by atoms with Gasteiger partial charge in [-0.15, -0.1) is 0 Å². The number of rotatable bonds is 6. The third-order valence-corrected chi connectivity index (χ3v) is 8.21. The lowest BCUT2D eigenvalue weighted by atomic mass is 9.82. The zero-order valence-corrected chi connectivity index (χ0v) is 21.4. The highest BCUT2D eigenvalue weighted by molar-refractivity contribution is 5.30. The Labute approximate surface area is 192 Å². The number of benzene rings is 1. The summed E-state index contributed by atoms with van der Waals surface area (Å²) in [5, 5.41) is 0. The van der Waals surface area contributed by atoms with Gasteiger partial charge in [0, 0.05) is 48.7 Å². The van der Waals surface area contributed by atoms with Crippen LogP contribution in [0.4, 0.5) is 0 Å². The molecule has 172 valence electrons. The van der Waals surface area contributed by atoms with E-state index in [1.165, 1.54) is 28.8 Å². The normalized spacial score (nSPS) is 28.4. The molecule has 0 bridgehead atoms. The van der Waals surface area contributed by atoms with Gasteiger partial charge in [0.05, 0.1) is 0 Å². The Hall–Kier alpha value is -1.54. The molecular weight excluding hydrogens is 376 g/mol. The average molecular weight is 423 g/mol. The molecular formula is C29H46N2. The van der Waals surface area contributed by atoms with E-state index in [0.717, 1.165) is 19.6 Å². The number of likely N-dealkylation sites (tertiary alicyclic amines) is 2. The van der Waals surface area contributed by atoms with Crippen LogP contribution in [0.5, 0.6) is 0 Å². The fourth-order valence-electron chi connectivity index (χ4n) is 5.72. The Kier molecular flexibility index (Phi) is 7.11. The van der Waals surface area contributed by atoms with Crippen molar-refractivity contribution in [3.8, 4) is 0 Å². The lowest BCUT2D eigenvalue weighted by molar-refractivity contribution is 0.166. The molecule has 0 radical (unpaired) electrons. The van der Waals surface area contributed by atoms with Crippen molar-refractivity contribution in [3.63, 3.8) is 0 Å². The number of aryl methyl sites for hydroxylation is 1. The van der Waals surface area contributed by atoms with Crippen molar-refractivity contribution in [2.45, 2.75) is 79.3 Å². The highest BCUT2D eigenvalue weighted by atomic mass is 15.2. The van der Waals surface area contributed by atoms with Gasteiger partial charge in [0.2, 0.25) is 0 Å². The summed E-state index contributed by atoms with van der Waals surface area (Å²) in [6.45, 7) is 31.0. The SMILES string of the molecule is C=C(C(C)C)C(C)[C@H]1CC(C)N(C(=C)C2CN(C(C)(C)C)C[C@H]2c2ccc(C)cc2)C1. The first-order valence-electron chi connectivity index (χ1n) is 12.4. The van der Waals surface area contributed by atoms with Gasteiger partial charge in [-0.2, -0.15) is 0 Å². The predicted molar refractivity (Wildman–Crippen MR) is 135 cm³/mol. The van der Waals surface area contributed by atoms with E-state index in [4.69, 9.17) is 6.58 Å². The molecule has 31 heavy (non-hydrogen) atoms. The van der Waals surface area contributed by atoms with Gasteiger partial charge in [-0.05, 0) is 64.4 Å². The van der Waals surface area contributed by atoms with E-state index in [-0.39, 0.29) is 5.54 Å². The van der Waals surface area contributed by atoms with Crippen LogP contribution in [0.2, 0.25) is 0 Å². The van der Waals surface area contributed by atoms with Gasteiger partial charge in [0.25, 0.3) is 0 Å². The topological polar surface area (TPSA) is 6.48 Å². The predicted octanol–water partition coefficient (Wildman–Crippen LogP) is 6.88. The molecule has 1 aromatic carbocycles. The molecule has 0 saturated carbocycles. The van der Waals surface area contributed by atoms with Crippen molar-refractivity contribution in [1.82, 2.24) is 9.80 Å². The second-order valence-corrected chi connectivity index (χ2v) is 11.7. The van der Waals surface area contributed by atoms with Crippen LogP contribution in [-0.4, -0.2) is 41.0 Å². The Bertz CT molecular complexity index is 782. The third kappa shape index (κ3) is 5.11. The highest BCUT2D eigenvalue weighted by Gasteiger charge is 2.43. The van der Waals surface area contributed by atoms with E-state index in [9.17, 15) is 0 Å². The Morgan fingerprint density at radius 1 is 1.00 bits per heavy atom. The Morgan fingerprint density at radius 2 is 1.61 bits per heavy atom. The zero-order valence-electron chi connectivity index (χ0n) is 21.4. The maximum Gasteiger partial charge on any atom is 0.0262 e. The minimum atomic E-state index is 0.181. The van der Waals surface area contributed by atoms with Crippen molar-refractivity contribution in [3.05, 3.63) is 59.8 Å². The van der Waals surface area contributed by atoms with Gasteiger partial charge in [-0.25, -0.2) is 0 Å². The first-order chi connectivity index (χ1) is 14.4. The standard InChI is InChI=1S/C29H46N2/c1-19(2)22(5)23(6)26-15-21(4)31(16-26)24(7)27-17-30(29(8,9)10)18-28(27)25-13-11-20(3)12-14-25/h11-14,19,21,23,26-28H,5,7,15-18H2,1-4,6,8-10H3/t21?,23?,26-,27?,28-/m0/s1. The van der Waals surface area contributed by atoms with Gasteiger partial charge in [-0.3, -0.25) is 4.90 Å². The Balaban J connectivity index is 1.82. The van der Waals surface area contributed by atoms with Crippen LogP contribution in [0.3, 0.4) is 0 Å². The summed E-state index contributed by atoms with van der Waals surface area (Å²) < 4.78 is 0. The minimum absolute atomic E-state index is 0.181. The van der Waals surface area contributed by atoms with E-state index < -0.39 is 0 Å². The molecule has 0 aliphatic carbocycles. The van der Waals surface area contributed by atoms with Crippen molar-refractivity contribution in [1.29, 1.82) is 0 Å². The van der Waals surface area contributed by atoms with Crippen LogP contribution in [-0.2, 0) is 0 Å². The summed E-state index contributed by atoms with van der Waals surface area (Å²) in [7, 11) is 0. The van der Waals surface area contributed by atoms with Gasteiger partial charge in [0.15, 0.2) is 0 Å². The molecule has 3 unspecified atom stereocenters. The third-order valence-electron chi connectivity index (χ3n) is 8.21. The van der Waals surface area contributed by atoms with Gasteiger partial charge < -0.3 is 4.90 Å². The van der Waals surface area contributed by atoms with Crippen molar-refractivity contribution < 1.29 is 0 Å². The molecule has 2 heteroatoms. The number of hydrogen-bond donors (Lipinski definition) is 0. The van der Waals surface area contributed by atoms with Gasteiger partial charge in [-0.1, -0.05) is 69.3 Å². The number of nitrogens with zero attached hydrogens (tertiary/aromatic N) is 2. The van der Waals surface area contributed by atoms with Crippen LogP contribution in [0.1, 0.15) is 71.9 Å². The molecule has 0 aromatic heterocycles. The molecule has 0 N–H and O–H groups in total. The zero-order chi connectivity index (χ0) is 23.1. The summed E-state index contributed by atoms with van der Waals surface area (Å²) in [6, 6.07) is 9.78. The van der Waals surface area contributed by atoms with E-state index in [1.54, 1.807) is 0 Å². The van der Waals surface area contributed by atoms with Crippen LogP contribution >= 0.6 is 0 Å². The summed E-state index contributed by atoms with van der Waals surface area (Å²) in [5.74, 6) is 2.81. The molecule has 2 saturated heterocycles. The molecule has 0 spiro atoms. The van der Waals surface area contributed by atoms with Crippen molar-refractivity contribution >= 4 is 0 Å².